The molecule has 0 atom stereocenters. The fourth-order valence-electron chi connectivity index (χ4n) is 3.55. The Morgan fingerprint density at radius 2 is 1.52 bits per heavy atom. The van der Waals surface area contributed by atoms with Crippen molar-refractivity contribution in [3.05, 3.63) is 0 Å². The van der Waals surface area contributed by atoms with E-state index in [4.69, 9.17) is 9.47 Å². The number of piperidine rings is 2. The van der Waals surface area contributed by atoms with Crippen LogP contribution in [0.5, 0.6) is 0 Å². The Morgan fingerprint density at radius 3 is 2.04 bits per heavy atom. The van der Waals surface area contributed by atoms with Gasteiger partial charge in [-0.15, -0.1) is 0 Å². The lowest BCUT2D eigenvalue weighted by molar-refractivity contribution is -0.141. The normalized spacial score (nSPS) is 21.4. The zero-order valence-corrected chi connectivity index (χ0v) is 16.7. The third-order valence-corrected chi connectivity index (χ3v) is 5.28. The van der Waals surface area contributed by atoms with E-state index in [1.54, 1.807) is 0 Å². The first-order chi connectivity index (χ1) is 11.9. The summed E-state index contributed by atoms with van der Waals surface area (Å²) >= 11 is 0. The monoisotopic (exact) mass is 354 g/mol. The Kier molecular flexibility index (Phi) is 8.67. The van der Waals surface area contributed by atoms with Gasteiger partial charge in [-0.2, -0.15) is 0 Å². The summed E-state index contributed by atoms with van der Waals surface area (Å²) in [5.74, 6) is 0.901. The van der Waals surface area contributed by atoms with E-state index in [2.05, 4.69) is 18.7 Å². The van der Waals surface area contributed by atoms with Crippen LogP contribution in [0.15, 0.2) is 0 Å². The van der Waals surface area contributed by atoms with Crippen LogP contribution in [-0.4, -0.2) is 73.3 Å². The fraction of sp³-hybridized carbons (Fsp3) is 0.950. The Hall–Kier alpha value is -0.650. The van der Waals surface area contributed by atoms with Gasteiger partial charge in [0.2, 0.25) is 5.91 Å². The van der Waals surface area contributed by atoms with Crippen molar-refractivity contribution in [3.8, 4) is 0 Å². The molecule has 0 aromatic carbocycles. The van der Waals surface area contributed by atoms with Gasteiger partial charge in [-0.25, -0.2) is 0 Å². The van der Waals surface area contributed by atoms with E-state index < -0.39 is 0 Å². The largest absolute Gasteiger partial charge is 0.375 e. The second-order valence-corrected chi connectivity index (χ2v) is 8.30. The van der Waals surface area contributed by atoms with Crippen molar-refractivity contribution in [3.63, 3.8) is 0 Å². The highest BCUT2D eigenvalue weighted by molar-refractivity contribution is 5.77. The fourth-order valence-corrected chi connectivity index (χ4v) is 3.55. The van der Waals surface area contributed by atoms with Crippen LogP contribution < -0.4 is 0 Å². The van der Waals surface area contributed by atoms with Crippen molar-refractivity contribution < 1.29 is 14.3 Å². The van der Waals surface area contributed by atoms with Crippen molar-refractivity contribution in [1.29, 1.82) is 0 Å². The highest BCUT2D eigenvalue weighted by Crippen LogP contribution is 2.21. The summed E-state index contributed by atoms with van der Waals surface area (Å²) in [5.41, 5.74) is 0. The van der Waals surface area contributed by atoms with Crippen LogP contribution in [-0.2, 0) is 14.3 Å². The minimum Gasteiger partial charge on any atom is -0.375 e. The lowest BCUT2D eigenvalue weighted by Crippen LogP contribution is -2.45. The lowest BCUT2D eigenvalue weighted by atomic mass is 10.0. The summed E-state index contributed by atoms with van der Waals surface area (Å²) in [5, 5.41) is 0. The van der Waals surface area contributed by atoms with Crippen LogP contribution in [0.4, 0.5) is 0 Å². The van der Waals surface area contributed by atoms with Crippen LogP contribution in [0, 0.1) is 5.92 Å². The third-order valence-electron chi connectivity index (χ3n) is 5.28. The molecule has 2 heterocycles. The molecule has 2 aliphatic rings. The van der Waals surface area contributed by atoms with Gasteiger partial charge in [0, 0.05) is 26.2 Å². The van der Waals surface area contributed by atoms with Crippen molar-refractivity contribution in [2.45, 2.75) is 78.1 Å². The standard InChI is InChI=1S/C20H38N2O3/c1-16(2)5-10-21-11-6-18(7-12-21)25-19-8-13-22(14-9-19)20(23)15-24-17(3)4/h16-19H,5-15H2,1-4H3. The summed E-state index contributed by atoms with van der Waals surface area (Å²) in [7, 11) is 0. The van der Waals surface area contributed by atoms with Gasteiger partial charge >= 0.3 is 0 Å². The molecule has 5 nitrogen and oxygen atoms in total. The van der Waals surface area contributed by atoms with Gasteiger partial charge in [-0.05, 0) is 58.4 Å². The average Bonchev–Trinajstić information content (AvgIpc) is 2.59. The predicted octanol–water partition coefficient (Wildman–Crippen LogP) is 2.93. The van der Waals surface area contributed by atoms with Crippen LogP contribution in [0.1, 0.15) is 59.8 Å². The van der Waals surface area contributed by atoms with Gasteiger partial charge in [0.1, 0.15) is 6.61 Å². The Balaban J connectivity index is 1.60. The highest BCUT2D eigenvalue weighted by atomic mass is 16.5. The van der Waals surface area contributed by atoms with Crippen molar-refractivity contribution in [2.75, 3.05) is 39.3 Å². The molecule has 146 valence electrons. The number of ether oxygens (including phenoxy) is 2. The molecule has 2 saturated heterocycles. The molecule has 2 rings (SSSR count). The molecule has 0 spiro atoms. The molecule has 0 saturated carbocycles. The maximum Gasteiger partial charge on any atom is 0.248 e. The first-order valence-electron chi connectivity index (χ1n) is 10.2. The minimum absolute atomic E-state index is 0.108. The number of nitrogens with zero attached hydrogens (tertiary/aromatic N) is 2. The minimum atomic E-state index is 0.108. The Bertz CT molecular complexity index is 384. The summed E-state index contributed by atoms with van der Waals surface area (Å²) < 4.78 is 11.8. The number of hydrogen-bond donors (Lipinski definition) is 0. The van der Waals surface area contributed by atoms with Crippen molar-refractivity contribution >= 4 is 5.91 Å². The number of amides is 1. The van der Waals surface area contributed by atoms with Crippen LogP contribution in [0.25, 0.3) is 0 Å². The smallest absolute Gasteiger partial charge is 0.248 e. The molecule has 0 radical (unpaired) electrons. The molecule has 25 heavy (non-hydrogen) atoms. The lowest BCUT2D eigenvalue weighted by Gasteiger charge is -2.37. The van der Waals surface area contributed by atoms with E-state index in [9.17, 15) is 4.79 Å². The van der Waals surface area contributed by atoms with Gasteiger partial charge in [-0.3, -0.25) is 4.79 Å². The number of likely N-dealkylation sites (tertiary alicyclic amines) is 2. The summed E-state index contributed by atoms with van der Waals surface area (Å²) in [6.45, 7) is 13.9. The Morgan fingerprint density at radius 1 is 0.960 bits per heavy atom. The van der Waals surface area contributed by atoms with Gasteiger partial charge in [0.05, 0.1) is 18.3 Å². The van der Waals surface area contributed by atoms with Gasteiger partial charge < -0.3 is 19.3 Å². The SMILES string of the molecule is CC(C)CCN1CCC(OC2CCN(C(=O)COC(C)C)CC2)CC1. The number of carbonyl (C=O) groups is 1. The molecule has 0 unspecified atom stereocenters. The maximum atomic E-state index is 12.1. The van der Waals surface area contributed by atoms with Crippen molar-refractivity contribution in [2.24, 2.45) is 5.92 Å². The number of carbonyl (C=O) groups excluding carboxylic acids is 1. The van der Waals surface area contributed by atoms with Crippen LogP contribution >= 0.6 is 0 Å². The second kappa shape index (κ2) is 10.5. The first kappa shape index (κ1) is 20.7. The summed E-state index contributed by atoms with van der Waals surface area (Å²) in [6.07, 6.45) is 6.35. The molecule has 1 amide bonds. The molecule has 0 aromatic heterocycles. The van der Waals surface area contributed by atoms with Gasteiger partial charge in [0.25, 0.3) is 0 Å². The summed E-state index contributed by atoms with van der Waals surface area (Å²) in [4.78, 5) is 16.6. The molecule has 2 fully saturated rings. The third kappa shape index (κ3) is 7.63. The predicted molar refractivity (Wildman–Crippen MR) is 101 cm³/mol. The molecular weight excluding hydrogens is 316 g/mol. The van der Waals surface area contributed by atoms with E-state index in [1.807, 2.05) is 18.7 Å². The quantitative estimate of drug-likeness (QED) is 0.672. The van der Waals surface area contributed by atoms with Gasteiger partial charge in [0.15, 0.2) is 0 Å². The van der Waals surface area contributed by atoms with Crippen LogP contribution in [0.3, 0.4) is 0 Å². The van der Waals surface area contributed by atoms with Crippen molar-refractivity contribution in [1.82, 2.24) is 9.80 Å². The Labute approximate surface area is 154 Å². The molecule has 0 aromatic rings. The van der Waals surface area contributed by atoms with Crippen LogP contribution in [0.2, 0.25) is 0 Å². The molecule has 0 aliphatic carbocycles. The topological polar surface area (TPSA) is 42.0 Å². The zero-order chi connectivity index (χ0) is 18.2. The van der Waals surface area contributed by atoms with E-state index in [0.717, 1.165) is 44.7 Å². The number of rotatable bonds is 8. The molecule has 0 bridgehead atoms. The molecule has 2 aliphatic heterocycles. The van der Waals surface area contributed by atoms with E-state index >= 15 is 0 Å². The van der Waals surface area contributed by atoms with E-state index in [1.165, 1.54) is 26.1 Å². The van der Waals surface area contributed by atoms with E-state index in [-0.39, 0.29) is 18.6 Å². The molecule has 5 heteroatoms. The zero-order valence-electron chi connectivity index (χ0n) is 16.7. The van der Waals surface area contributed by atoms with Gasteiger partial charge in [-0.1, -0.05) is 13.8 Å². The average molecular weight is 355 g/mol. The first-order valence-corrected chi connectivity index (χ1v) is 10.2. The maximum absolute atomic E-state index is 12.1. The molecule has 0 N–H and O–H groups in total. The molecular formula is C20H38N2O3. The number of hydrogen-bond acceptors (Lipinski definition) is 4. The highest BCUT2D eigenvalue weighted by Gasteiger charge is 2.27. The summed E-state index contributed by atoms with van der Waals surface area (Å²) in [6, 6.07) is 0. The second-order valence-electron chi connectivity index (χ2n) is 8.30. The van der Waals surface area contributed by atoms with E-state index in [0.29, 0.717) is 12.2 Å².